The fourth-order valence-corrected chi connectivity index (χ4v) is 8.59. The van der Waals surface area contributed by atoms with E-state index < -0.39 is 71.2 Å². The molecule has 0 radical (unpaired) electrons. The van der Waals surface area contributed by atoms with Crippen LogP contribution in [0.25, 0.3) is 0 Å². The van der Waals surface area contributed by atoms with Crippen molar-refractivity contribution < 1.29 is 56.8 Å². The molecule has 1 aliphatic heterocycles. The lowest BCUT2D eigenvalue weighted by Crippen LogP contribution is -2.60. The maximum atomic E-state index is 12.8. The first-order valence-electron chi connectivity index (χ1n) is 25.2. The number of hydrogen-bond acceptors (Lipinski definition) is 11. The SMILES string of the molecule is CCCC/C=C/CCCCCCCC(=O)O[C@H](COC(=O)CCCCCCCCCCCCCCCCCCCCCCCCC)CO[C@H]1O[C@H](CS(=O)(=O)O)[C@@H](O)C(O)C1O. The van der Waals surface area contributed by atoms with Crippen LogP contribution in [0.2, 0.25) is 0 Å². The van der Waals surface area contributed by atoms with E-state index in [-0.39, 0.29) is 19.4 Å². The Kier molecular flexibility index (Phi) is 37.4. The van der Waals surface area contributed by atoms with Gasteiger partial charge in [-0.1, -0.05) is 199 Å². The Morgan fingerprint density at radius 1 is 0.532 bits per heavy atom. The van der Waals surface area contributed by atoms with Crippen molar-refractivity contribution >= 4 is 22.1 Å². The van der Waals surface area contributed by atoms with Gasteiger partial charge in [-0.3, -0.25) is 14.1 Å². The first-order chi connectivity index (χ1) is 30.0. The molecular formula is C49H92O12S. The molecule has 1 rings (SSSR count). The van der Waals surface area contributed by atoms with Crippen LogP contribution in [0.1, 0.15) is 232 Å². The summed E-state index contributed by atoms with van der Waals surface area (Å²) >= 11 is 0. The van der Waals surface area contributed by atoms with E-state index in [2.05, 4.69) is 26.0 Å². The van der Waals surface area contributed by atoms with Gasteiger partial charge in [0.05, 0.1) is 6.61 Å². The number of carbonyl (C=O) groups is 2. The summed E-state index contributed by atoms with van der Waals surface area (Å²) < 4.78 is 54.1. The molecule has 12 nitrogen and oxygen atoms in total. The van der Waals surface area contributed by atoms with Crippen molar-refractivity contribution in [2.24, 2.45) is 0 Å². The van der Waals surface area contributed by atoms with E-state index >= 15 is 0 Å². The predicted octanol–water partition coefficient (Wildman–Crippen LogP) is 11.0. The Labute approximate surface area is 377 Å². The molecule has 0 saturated carbocycles. The number of ether oxygens (including phenoxy) is 4. The number of esters is 2. The predicted molar refractivity (Wildman–Crippen MR) is 247 cm³/mol. The van der Waals surface area contributed by atoms with Crippen LogP contribution in [0.4, 0.5) is 0 Å². The van der Waals surface area contributed by atoms with Crippen LogP contribution in [0.3, 0.4) is 0 Å². The topological polar surface area (TPSA) is 186 Å². The quantitative estimate of drug-likeness (QED) is 0.0197. The summed E-state index contributed by atoms with van der Waals surface area (Å²) in [4.78, 5) is 25.4. The van der Waals surface area contributed by atoms with Gasteiger partial charge in [-0.25, -0.2) is 0 Å². The molecule has 1 heterocycles. The molecule has 1 saturated heterocycles. The highest BCUT2D eigenvalue weighted by atomic mass is 32.2. The lowest BCUT2D eigenvalue weighted by atomic mass is 10.00. The molecule has 2 unspecified atom stereocenters. The Balaban J connectivity index is 2.29. The van der Waals surface area contributed by atoms with Crippen LogP contribution in [0, 0.1) is 0 Å². The van der Waals surface area contributed by atoms with Gasteiger partial charge in [0.2, 0.25) is 0 Å². The van der Waals surface area contributed by atoms with Crippen molar-refractivity contribution in [3.63, 3.8) is 0 Å². The minimum atomic E-state index is -4.60. The molecule has 4 N–H and O–H groups in total. The van der Waals surface area contributed by atoms with E-state index in [1.54, 1.807) is 0 Å². The lowest BCUT2D eigenvalue weighted by Gasteiger charge is -2.40. The number of rotatable bonds is 43. The molecule has 0 aromatic carbocycles. The van der Waals surface area contributed by atoms with Crippen LogP contribution >= 0.6 is 0 Å². The highest BCUT2D eigenvalue weighted by Gasteiger charge is 2.46. The number of aliphatic hydroxyl groups excluding tert-OH is 3. The van der Waals surface area contributed by atoms with Gasteiger partial charge in [-0.2, -0.15) is 8.42 Å². The normalized spacial score (nSPS) is 19.9. The van der Waals surface area contributed by atoms with Crippen LogP contribution < -0.4 is 0 Å². The van der Waals surface area contributed by atoms with Crippen molar-refractivity contribution in [3.05, 3.63) is 12.2 Å². The molecule has 1 fully saturated rings. The molecule has 0 amide bonds. The molecular weight excluding hydrogens is 813 g/mol. The molecule has 0 bridgehead atoms. The van der Waals surface area contributed by atoms with E-state index in [0.29, 0.717) is 12.8 Å². The Bertz CT molecular complexity index is 1200. The van der Waals surface area contributed by atoms with E-state index in [4.69, 9.17) is 18.9 Å². The van der Waals surface area contributed by atoms with Gasteiger partial charge in [0.25, 0.3) is 10.1 Å². The molecule has 62 heavy (non-hydrogen) atoms. The fourth-order valence-electron chi connectivity index (χ4n) is 7.90. The number of aliphatic hydroxyl groups is 3. The summed E-state index contributed by atoms with van der Waals surface area (Å²) in [5.41, 5.74) is 0. The minimum absolute atomic E-state index is 0.158. The van der Waals surface area contributed by atoms with E-state index in [0.717, 1.165) is 57.8 Å². The van der Waals surface area contributed by atoms with Crippen LogP contribution in [0.15, 0.2) is 12.2 Å². The Morgan fingerprint density at radius 3 is 1.39 bits per heavy atom. The summed E-state index contributed by atoms with van der Waals surface area (Å²) in [6, 6.07) is 0. The average molecular weight is 905 g/mol. The molecule has 1 aliphatic rings. The highest BCUT2D eigenvalue weighted by molar-refractivity contribution is 7.85. The third kappa shape index (κ3) is 33.8. The Hall–Kier alpha value is -1.61. The number of carbonyl (C=O) groups excluding carboxylic acids is 2. The fraction of sp³-hybridized carbons (Fsp3) is 0.918. The molecule has 366 valence electrons. The summed E-state index contributed by atoms with van der Waals surface area (Å²) in [6.45, 7) is 3.74. The minimum Gasteiger partial charge on any atom is -0.462 e. The monoisotopic (exact) mass is 905 g/mol. The second kappa shape index (κ2) is 39.7. The second-order valence-corrected chi connectivity index (χ2v) is 19.3. The first-order valence-corrected chi connectivity index (χ1v) is 26.9. The van der Waals surface area contributed by atoms with Crippen molar-refractivity contribution in [2.45, 2.75) is 269 Å². The largest absolute Gasteiger partial charge is 0.462 e. The van der Waals surface area contributed by atoms with Crippen LogP contribution in [-0.4, -0.2) is 96.0 Å². The molecule has 0 spiro atoms. The number of unbranched alkanes of at least 4 members (excludes halogenated alkanes) is 29. The van der Waals surface area contributed by atoms with Crippen LogP contribution in [0.5, 0.6) is 0 Å². The van der Waals surface area contributed by atoms with E-state index in [1.165, 1.54) is 135 Å². The zero-order valence-electron chi connectivity index (χ0n) is 39.2. The van der Waals surface area contributed by atoms with Gasteiger partial charge in [0, 0.05) is 12.8 Å². The molecule has 6 atom stereocenters. The van der Waals surface area contributed by atoms with Crippen molar-refractivity contribution in [1.82, 2.24) is 0 Å². The molecule has 13 heteroatoms. The first kappa shape index (κ1) is 58.4. The van der Waals surface area contributed by atoms with Gasteiger partial charge >= 0.3 is 11.9 Å². The summed E-state index contributed by atoms with van der Waals surface area (Å²) in [7, 11) is -4.60. The molecule has 0 aromatic rings. The zero-order chi connectivity index (χ0) is 45.5. The summed E-state index contributed by atoms with van der Waals surface area (Å²) in [6.07, 6.45) is 34.2. The van der Waals surface area contributed by atoms with Gasteiger partial charge in [0.15, 0.2) is 12.4 Å². The third-order valence-corrected chi connectivity index (χ3v) is 12.6. The highest BCUT2D eigenvalue weighted by Crippen LogP contribution is 2.24. The average Bonchev–Trinajstić information content (AvgIpc) is 3.24. The van der Waals surface area contributed by atoms with Gasteiger partial charge < -0.3 is 34.3 Å². The van der Waals surface area contributed by atoms with E-state index in [9.17, 15) is 37.9 Å². The van der Waals surface area contributed by atoms with E-state index in [1.807, 2.05) is 0 Å². The molecule has 0 aromatic heterocycles. The molecule has 0 aliphatic carbocycles. The van der Waals surface area contributed by atoms with Crippen LogP contribution in [-0.2, 0) is 38.7 Å². The zero-order valence-corrected chi connectivity index (χ0v) is 40.1. The van der Waals surface area contributed by atoms with Gasteiger partial charge in [-0.15, -0.1) is 0 Å². The van der Waals surface area contributed by atoms with Gasteiger partial charge in [0.1, 0.15) is 36.8 Å². The number of allylic oxidation sites excluding steroid dienone is 2. The van der Waals surface area contributed by atoms with Crippen molar-refractivity contribution in [1.29, 1.82) is 0 Å². The van der Waals surface area contributed by atoms with Crippen molar-refractivity contribution in [3.8, 4) is 0 Å². The lowest BCUT2D eigenvalue weighted by molar-refractivity contribution is -0.297. The number of hydrogen-bond donors (Lipinski definition) is 4. The standard InChI is InChI=1S/C49H92O12S/c1-3-5-7-9-11-13-15-16-17-18-19-20-21-22-23-24-25-26-28-29-31-33-35-37-44(50)58-39-42(60-45(51)38-36-34-32-30-27-14-12-10-8-6-4-2)40-59-49-48(54)47(53)46(52)43(61-49)41-62(55,56)57/h10,12,42-43,46-49,52-54H,3-9,11,13-41H2,1-2H3,(H,55,56,57)/b12-10+/t42-,43-,46-,47?,48?,49+/m1/s1. The Morgan fingerprint density at radius 2 is 0.935 bits per heavy atom. The van der Waals surface area contributed by atoms with Gasteiger partial charge in [-0.05, 0) is 32.1 Å². The smallest absolute Gasteiger partial charge is 0.306 e. The summed E-state index contributed by atoms with van der Waals surface area (Å²) in [5, 5.41) is 30.9. The maximum absolute atomic E-state index is 12.8. The van der Waals surface area contributed by atoms with Crippen molar-refractivity contribution in [2.75, 3.05) is 19.0 Å². The third-order valence-electron chi connectivity index (χ3n) is 11.8. The maximum Gasteiger partial charge on any atom is 0.306 e. The summed E-state index contributed by atoms with van der Waals surface area (Å²) in [5.74, 6) is -1.98. The second-order valence-electron chi connectivity index (χ2n) is 17.8.